The second-order valence-electron chi connectivity index (χ2n) is 4.53. The molecule has 0 saturated heterocycles. The summed E-state index contributed by atoms with van der Waals surface area (Å²) in [5.41, 5.74) is 0.734. The highest BCUT2D eigenvalue weighted by Crippen LogP contribution is 2.23. The number of nitrogens with zero attached hydrogens (tertiary/aromatic N) is 3. The minimum absolute atomic E-state index is 0.134. The number of aryl methyl sites for hydroxylation is 1. The molecule has 0 unspecified atom stereocenters. The predicted molar refractivity (Wildman–Crippen MR) is 77.9 cm³/mol. The number of rotatable bonds is 5. The van der Waals surface area contributed by atoms with Crippen molar-refractivity contribution >= 4 is 21.6 Å². The van der Waals surface area contributed by atoms with Crippen LogP contribution >= 0.6 is 11.6 Å². The number of aromatic nitrogens is 2. The van der Waals surface area contributed by atoms with Crippen molar-refractivity contribution in [1.82, 2.24) is 14.1 Å². The van der Waals surface area contributed by atoms with Crippen LogP contribution in [-0.4, -0.2) is 29.0 Å². The Morgan fingerprint density at radius 3 is 2.67 bits per heavy atom. The van der Waals surface area contributed by atoms with Crippen molar-refractivity contribution in [2.75, 3.05) is 6.54 Å². The Balaban J connectivity index is 2.35. The molecule has 5 nitrogen and oxygen atoms in total. The van der Waals surface area contributed by atoms with Crippen LogP contribution in [0.3, 0.4) is 0 Å². The van der Waals surface area contributed by atoms with E-state index in [2.05, 4.69) is 5.10 Å². The van der Waals surface area contributed by atoms with E-state index in [1.807, 2.05) is 0 Å². The first-order valence-electron chi connectivity index (χ1n) is 6.27. The van der Waals surface area contributed by atoms with E-state index in [0.29, 0.717) is 0 Å². The van der Waals surface area contributed by atoms with Crippen LogP contribution in [0.15, 0.2) is 35.5 Å². The second-order valence-corrected chi connectivity index (χ2v) is 6.87. The van der Waals surface area contributed by atoms with E-state index in [4.69, 9.17) is 11.6 Å². The van der Waals surface area contributed by atoms with Gasteiger partial charge in [0.2, 0.25) is 10.0 Å². The van der Waals surface area contributed by atoms with Crippen molar-refractivity contribution in [3.8, 4) is 0 Å². The molecule has 0 radical (unpaired) electrons. The molecule has 0 amide bonds. The van der Waals surface area contributed by atoms with Gasteiger partial charge in [-0.05, 0) is 18.2 Å². The molecular formula is C13H15ClFN3O2S. The quantitative estimate of drug-likeness (QED) is 0.845. The fraction of sp³-hybridized carbons (Fsp3) is 0.308. The summed E-state index contributed by atoms with van der Waals surface area (Å²) >= 11 is 5.65. The maximum Gasteiger partial charge on any atom is 0.246 e. The Labute approximate surface area is 128 Å². The molecule has 2 aromatic rings. The third-order valence-electron chi connectivity index (χ3n) is 2.98. The average Bonchev–Trinajstić information content (AvgIpc) is 2.80. The molecule has 0 aliphatic carbocycles. The molecule has 0 spiro atoms. The lowest BCUT2D eigenvalue weighted by molar-refractivity contribution is 0.419. The molecule has 114 valence electrons. The molecule has 1 aromatic carbocycles. The summed E-state index contributed by atoms with van der Waals surface area (Å²) in [5, 5.41) is 4.15. The third-order valence-corrected chi connectivity index (χ3v) is 5.17. The molecular weight excluding hydrogens is 317 g/mol. The van der Waals surface area contributed by atoms with E-state index < -0.39 is 15.8 Å². The lowest BCUT2D eigenvalue weighted by Crippen LogP contribution is -2.31. The van der Waals surface area contributed by atoms with E-state index in [1.54, 1.807) is 31.0 Å². The van der Waals surface area contributed by atoms with E-state index >= 15 is 0 Å². The van der Waals surface area contributed by atoms with Gasteiger partial charge in [-0.15, -0.1) is 0 Å². The van der Waals surface area contributed by atoms with Gasteiger partial charge in [-0.25, -0.2) is 12.8 Å². The van der Waals surface area contributed by atoms with Gasteiger partial charge in [0, 0.05) is 36.9 Å². The Hall–Kier alpha value is -1.44. The molecule has 0 fully saturated rings. The first-order chi connectivity index (χ1) is 9.84. The molecule has 0 aliphatic rings. The highest BCUT2D eigenvalue weighted by Gasteiger charge is 2.26. The average molecular weight is 332 g/mol. The van der Waals surface area contributed by atoms with E-state index in [9.17, 15) is 12.8 Å². The van der Waals surface area contributed by atoms with Gasteiger partial charge in [0.15, 0.2) is 0 Å². The van der Waals surface area contributed by atoms with Gasteiger partial charge in [-0.2, -0.15) is 9.40 Å². The topological polar surface area (TPSA) is 55.2 Å². The van der Waals surface area contributed by atoms with E-state index in [0.717, 1.165) is 11.6 Å². The normalized spacial score (nSPS) is 12.0. The standard InChI is InChI=1S/C13H15ClFN3O2S/c1-3-18(9-10-7-16-17(2)8-10)21(19,20)13-5-4-11(14)6-12(13)15/h4-8H,3,9H2,1-2H3. The molecule has 0 bridgehead atoms. The zero-order chi connectivity index (χ0) is 15.6. The third kappa shape index (κ3) is 3.42. The van der Waals surface area contributed by atoms with Crippen molar-refractivity contribution in [2.45, 2.75) is 18.4 Å². The Morgan fingerprint density at radius 2 is 2.14 bits per heavy atom. The molecule has 0 atom stereocenters. The number of hydrogen-bond acceptors (Lipinski definition) is 3. The molecule has 8 heteroatoms. The van der Waals surface area contributed by atoms with Gasteiger partial charge in [0.1, 0.15) is 10.7 Å². The van der Waals surface area contributed by atoms with Crippen LogP contribution in [0.4, 0.5) is 4.39 Å². The summed E-state index contributed by atoms with van der Waals surface area (Å²) < 4.78 is 41.7. The minimum Gasteiger partial charge on any atom is -0.275 e. The molecule has 21 heavy (non-hydrogen) atoms. The molecule has 1 aromatic heterocycles. The number of hydrogen-bond donors (Lipinski definition) is 0. The van der Waals surface area contributed by atoms with Crippen LogP contribution in [0.1, 0.15) is 12.5 Å². The van der Waals surface area contributed by atoms with Crippen LogP contribution in [-0.2, 0) is 23.6 Å². The van der Waals surface area contributed by atoms with Gasteiger partial charge in [0.25, 0.3) is 0 Å². The first kappa shape index (κ1) is 15.9. The highest BCUT2D eigenvalue weighted by atomic mass is 35.5. The SMILES string of the molecule is CCN(Cc1cnn(C)c1)S(=O)(=O)c1ccc(Cl)cc1F. The van der Waals surface area contributed by atoms with Crippen LogP contribution in [0, 0.1) is 5.82 Å². The fourth-order valence-electron chi connectivity index (χ4n) is 1.95. The minimum atomic E-state index is -3.92. The Morgan fingerprint density at radius 1 is 1.43 bits per heavy atom. The number of sulfonamides is 1. The van der Waals surface area contributed by atoms with Crippen molar-refractivity contribution in [3.63, 3.8) is 0 Å². The van der Waals surface area contributed by atoms with Gasteiger partial charge in [-0.1, -0.05) is 18.5 Å². The van der Waals surface area contributed by atoms with Gasteiger partial charge >= 0.3 is 0 Å². The maximum atomic E-state index is 13.9. The summed E-state index contributed by atoms with van der Waals surface area (Å²) in [6.07, 6.45) is 3.30. The van der Waals surface area contributed by atoms with Crippen LogP contribution in [0.5, 0.6) is 0 Å². The van der Waals surface area contributed by atoms with Gasteiger partial charge in [-0.3, -0.25) is 4.68 Å². The summed E-state index contributed by atoms with van der Waals surface area (Å²) in [6, 6.07) is 3.53. The first-order valence-corrected chi connectivity index (χ1v) is 8.09. The van der Waals surface area contributed by atoms with Crippen molar-refractivity contribution in [2.24, 2.45) is 7.05 Å². The Bertz CT molecular complexity index is 746. The fourth-order valence-corrected chi connectivity index (χ4v) is 3.59. The molecule has 0 aliphatic heterocycles. The largest absolute Gasteiger partial charge is 0.275 e. The molecule has 2 rings (SSSR count). The summed E-state index contributed by atoms with van der Waals surface area (Å²) in [7, 11) is -2.18. The van der Waals surface area contributed by atoms with Gasteiger partial charge < -0.3 is 0 Å². The van der Waals surface area contributed by atoms with Crippen molar-refractivity contribution in [1.29, 1.82) is 0 Å². The second kappa shape index (κ2) is 6.13. The molecule has 0 N–H and O–H groups in total. The predicted octanol–water partition coefficient (Wildman–Crippen LogP) is 2.42. The summed E-state index contributed by atoms with van der Waals surface area (Å²) in [4.78, 5) is -0.377. The maximum absolute atomic E-state index is 13.9. The van der Waals surface area contributed by atoms with E-state index in [-0.39, 0.29) is 23.0 Å². The van der Waals surface area contributed by atoms with Crippen molar-refractivity contribution in [3.05, 3.63) is 47.0 Å². The lowest BCUT2D eigenvalue weighted by Gasteiger charge is -2.20. The molecule has 0 saturated carbocycles. The summed E-state index contributed by atoms with van der Waals surface area (Å²) in [5.74, 6) is -0.855. The highest BCUT2D eigenvalue weighted by molar-refractivity contribution is 7.89. The zero-order valence-corrected chi connectivity index (χ0v) is 13.2. The lowest BCUT2D eigenvalue weighted by atomic mass is 10.3. The van der Waals surface area contributed by atoms with E-state index in [1.165, 1.54) is 16.4 Å². The zero-order valence-electron chi connectivity index (χ0n) is 11.6. The monoisotopic (exact) mass is 331 g/mol. The van der Waals surface area contributed by atoms with Crippen LogP contribution in [0.25, 0.3) is 0 Å². The number of halogens is 2. The van der Waals surface area contributed by atoms with Gasteiger partial charge in [0.05, 0.1) is 6.20 Å². The number of benzene rings is 1. The smallest absolute Gasteiger partial charge is 0.246 e. The molecule has 1 heterocycles. The van der Waals surface area contributed by atoms with Crippen LogP contribution in [0.2, 0.25) is 5.02 Å². The van der Waals surface area contributed by atoms with Crippen LogP contribution < -0.4 is 0 Å². The summed E-state index contributed by atoms with van der Waals surface area (Å²) in [6.45, 7) is 2.05. The Kier molecular flexibility index (Phi) is 4.65. The van der Waals surface area contributed by atoms with Crippen molar-refractivity contribution < 1.29 is 12.8 Å².